The van der Waals surface area contributed by atoms with Crippen molar-refractivity contribution >= 4 is 7.75 Å². The first kappa shape index (κ1) is 16.1. The fourth-order valence-corrected chi connectivity index (χ4v) is 3.59. The van der Waals surface area contributed by atoms with E-state index < -0.39 is 7.75 Å². The summed E-state index contributed by atoms with van der Waals surface area (Å²) in [5, 5.41) is 0. The molecule has 0 rings (SSSR count). The molecule has 16 heavy (non-hydrogen) atoms. The van der Waals surface area contributed by atoms with Gasteiger partial charge in [0.15, 0.2) is 0 Å². The van der Waals surface area contributed by atoms with E-state index in [2.05, 4.69) is 13.8 Å². The summed E-state index contributed by atoms with van der Waals surface area (Å²) in [5.41, 5.74) is 0. The van der Waals surface area contributed by atoms with Gasteiger partial charge in [-0.3, -0.25) is 9.05 Å². The Morgan fingerprint density at radius 3 is 1.94 bits per heavy atom. The summed E-state index contributed by atoms with van der Waals surface area (Å²) in [4.78, 5) is 0. The van der Waals surface area contributed by atoms with Crippen LogP contribution in [-0.2, 0) is 13.6 Å². The van der Waals surface area contributed by atoms with Gasteiger partial charge in [0.05, 0.1) is 12.7 Å². The van der Waals surface area contributed by atoms with Gasteiger partial charge in [-0.25, -0.2) is 9.24 Å². The van der Waals surface area contributed by atoms with Gasteiger partial charge in [0.1, 0.15) is 0 Å². The number of nitrogens with zero attached hydrogens (tertiary/aromatic N) is 1. The summed E-state index contributed by atoms with van der Waals surface area (Å²) in [6, 6.07) is 0. The fraction of sp³-hybridized carbons (Fsp3) is 1.00. The third-order valence-corrected chi connectivity index (χ3v) is 4.31. The van der Waals surface area contributed by atoms with Gasteiger partial charge >= 0.3 is 7.75 Å². The molecule has 0 aromatic rings. The van der Waals surface area contributed by atoms with E-state index >= 15 is 0 Å². The molecule has 0 N–H and O–H groups in total. The molecule has 0 aliphatic heterocycles. The Bertz CT molecular complexity index is 215. The number of hydrogen-bond acceptors (Lipinski definition) is 3. The van der Waals surface area contributed by atoms with Gasteiger partial charge in [-0.1, -0.05) is 13.8 Å². The highest BCUT2D eigenvalue weighted by atomic mass is 31.2. The summed E-state index contributed by atoms with van der Waals surface area (Å²) in [6.45, 7) is 11.6. The standard InChI is InChI=1S/C11H26NO3P/c1-6-9-12(10-7-2)16(13,14-8-3)15-11(4)5/h11H,6-10H2,1-5H3. The monoisotopic (exact) mass is 251 g/mol. The third-order valence-electron chi connectivity index (χ3n) is 1.95. The van der Waals surface area contributed by atoms with Gasteiger partial charge < -0.3 is 0 Å². The Labute approximate surface area is 99.9 Å². The van der Waals surface area contributed by atoms with Crippen LogP contribution in [0.4, 0.5) is 0 Å². The molecule has 0 heterocycles. The first-order valence-electron chi connectivity index (χ1n) is 6.18. The molecule has 1 atom stereocenters. The Morgan fingerprint density at radius 1 is 1.12 bits per heavy atom. The van der Waals surface area contributed by atoms with Crippen LogP contribution in [0.15, 0.2) is 0 Å². The number of rotatable bonds is 9. The zero-order valence-corrected chi connectivity index (χ0v) is 12.1. The molecule has 0 aromatic heterocycles. The van der Waals surface area contributed by atoms with Crippen molar-refractivity contribution in [2.45, 2.75) is 53.6 Å². The average molecular weight is 251 g/mol. The van der Waals surface area contributed by atoms with Gasteiger partial charge in [0.2, 0.25) is 0 Å². The summed E-state index contributed by atoms with van der Waals surface area (Å²) in [6.07, 6.45) is 1.80. The Kier molecular flexibility index (Phi) is 8.29. The molecular formula is C11H26NO3P. The van der Waals surface area contributed by atoms with Crippen LogP contribution in [0.3, 0.4) is 0 Å². The molecule has 0 amide bonds. The smallest absolute Gasteiger partial charge is 0.297 e. The van der Waals surface area contributed by atoms with Crippen molar-refractivity contribution in [3.05, 3.63) is 0 Å². The van der Waals surface area contributed by atoms with Crippen LogP contribution < -0.4 is 0 Å². The molecule has 0 fully saturated rings. The minimum atomic E-state index is -3.09. The molecule has 98 valence electrons. The van der Waals surface area contributed by atoms with Crippen molar-refractivity contribution < 1.29 is 13.6 Å². The number of hydrogen-bond donors (Lipinski definition) is 0. The predicted molar refractivity (Wildman–Crippen MR) is 67.6 cm³/mol. The van der Waals surface area contributed by atoms with E-state index in [4.69, 9.17) is 9.05 Å². The Hall–Kier alpha value is 0.110. The van der Waals surface area contributed by atoms with E-state index in [0.717, 1.165) is 25.9 Å². The summed E-state index contributed by atoms with van der Waals surface area (Å²) >= 11 is 0. The quantitative estimate of drug-likeness (QED) is 0.586. The topological polar surface area (TPSA) is 38.8 Å². The second-order valence-corrected chi connectivity index (χ2v) is 5.97. The minimum absolute atomic E-state index is 0.0893. The Morgan fingerprint density at radius 2 is 1.62 bits per heavy atom. The second kappa shape index (κ2) is 8.24. The molecule has 1 unspecified atom stereocenters. The molecule has 0 aromatic carbocycles. The SMILES string of the molecule is CCCN(CCC)P(=O)(OCC)OC(C)C. The van der Waals surface area contributed by atoms with Gasteiger partial charge in [0, 0.05) is 13.1 Å². The maximum atomic E-state index is 12.6. The highest BCUT2D eigenvalue weighted by Crippen LogP contribution is 2.52. The lowest BCUT2D eigenvalue weighted by Gasteiger charge is -2.30. The largest absolute Gasteiger partial charge is 0.408 e. The van der Waals surface area contributed by atoms with Crippen molar-refractivity contribution in [3.8, 4) is 0 Å². The van der Waals surface area contributed by atoms with Crippen LogP contribution >= 0.6 is 7.75 Å². The molecule has 0 aliphatic rings. The molecule has 0 bridgehead atoms. The van der Waals surface area contributed by atoms with E-state index in [1.54, 1.807) is 0 Å². The van der Waals surface area contributed by atoms with Gasteiger partial charge in [-0.15, -0.1) is 0 Å². The van der Waals surface area contributed by atoms with Crippen molar-refractivity contribution in [2.24, 2.45) is 0 Å². The van der Waals surface area contributed by atoms with Crippen LogP contribution in [0.5, 0.6) is 0 Å². The maximum absolute atomic E-state index is 12.6. The lowest BCUT2D eigenvalue weighted by Crippen LogP contribution is -2.26. The van der Waals surface area contributed by atoms with E-state index in [1.165, 1.54) is 0 Å². The van der Waals surface area contributed by atoms with Crippen LogP contribution in [0.2, 0.25) is 0 Å². The van der Waals surface area contributed by atoms with Crippen LogP contribution in [0.25, 0.3) is 0 Å². The van der Waals surface area contributed by atoms with Gasteiger partial charge in [-0.05, 0) is 33.6 Å². The highest BCUT2D eigenvalue weighted by Gasteiger charge is 2.33. The van der Waals surface area contributed by atoms with E-state index in [1.807, 2.05) is 25.4 Å². The Balaban J connectivity index is 4.72. The molecule has 5 heteroatoms. The van der Waals surface area contributed by atoms with Crippen molar-refractivity contribution in [2.75, 3.05) is 19.7 Å². The fourth-order valence-electron chi connectivity index (χ4n) is 1.48. The lowest BCUT2D eigenvalue weighted by molar-refractivity contribution is 0.131. The average Bonchev–Trinajstić information content (AvgIpc) is 2.16. The summed E-state index contributed by atoms with van der Waals surface area (Å²) in [5.74, 6) is 0. The van der Waals surface area contributed by atoms with Crippen molar-refractivity contribution in [1.82, 2.24) is 4.67 Å². The van der Waals surface area contributed by atoms with Crippen LogP contribution in [0, 0.1) is 0 Å². The highest BCUT2D eigenvalue weighted by molar-refractivity contribution is 7.51. The predicted octanol–water partition coefficient (Wildman–Crippen LogP) is 3.68. The van der Waals surface area contributed by atoms with Crippen molar-refractivity contribution in [3.63, 3.8) is 0 Å². The normalized spacial score (nSPS) is 15.7. The van der Waals surface area contributed by atoms with Gasteiger partial charge in [-0.2, -0.15) is 0 Å². The molecule has 0 saturated heterocycles. The molecule has 0 radical (unpaired) electrons. The molecule has 0 spiro atoms. The van der Waals surface area contributed by atoms with E-state index in [9.17, 15) is 4.57 Å². The first-order valence-corrected chi connectivity index (χ1v) is 7.68. The minimum Gasteiger partial charge on any atom is -0.297 e. The lowest BCUT2D eigenvalue weighted by atomic mass is 10.4. The molecule has 4 nitrogen and oxygen atoms in total. The maximum Gasteiger partial charge on any atom is 0.408 e. The summed E-state index contributed by atoms with van der Waals surface area (Å²) < 4.78 is 25.3. The zero-order valence-electron chi connectivity index (χ0n) is 11.2. The van der Waals surface area contributed by atoms with Gasteiger partial charge in [0.25, 0.3) is 0 Å². The first-order chi connectivity index (χ1) is 7.50. The van der Waals surface area contributed by atoms with Crippen LogP contribution in [0.1, 0.15) is 47.5 Å². The third kappa shape index (κ3) is 5.44. The van der Waals surface area contributed by atoms with Crippen molar-refractivity contribution in [1.29, 1.82) is 0 Å². The van der Waals surface area contributed by atoms with Crippen LogP contribution in [-0.4, -0.2) is 30.5 Å². The van der Waals surface area contributed by atoms with E-state index in [-0.39, 0.29) is 6.10 Å². The molecule has 0 aliphatic carbocycles. The second-order valence-electron chi connectivity index (χ2n) is 3.99. The molecular weight excluding hydrogens is 225 g/mol. The summed E-state index contributed by atoms with van der Waals surface area (Å²) in [7, 11) is -3.09. The zero-order chi connectivity index (χ0) is 12.6. The molecule has 0 saturated carbocycles. The van der Waals surface area contributed by atoms with E-state index in [0.29, 0.717) is 6.61 Å².